The summed E-state index contributed by atoms with van der Waals surface area (Å²) in [6.45, 7) is 1.51. The molecule has 0 saturated heterocycles. The van der Waals surface area contributed by atoms with E-state index in [1.807, 2.05) is 0 Å². The predicted molar refractivity (Wildman–Crippen MR) is 106 cm³/mol. The van der Waals surface area contributed by atoms with E-state index in [0.29, 0.717) is 27.9 Å². The molecule has 1 N–H and O–H groups in total. The largest absolute Gasteiger partial charge is 0.497 e. The Kier molecular flexibility index (Phi) is 6.56. The van der Waals surface area contributed by atoms with Gasteiger partial charge in [0.15, 0.2) is 0 Å². The van der Waals surface area contributed by atoms with E-state index in [-0.39, 0.29) is 0 Å². The molecule has 0 bridgehead atoms. The van der Waals surface area contributed by atoms with E-state index in [1.54, 1.807) is 36.4 Å². The van der Waals surface area contributed by atoms with Crippen molar-refractivity contribution in [2.24, 2.45) is 0 Å². The fraction of sp³-hybridized carbons (Fsp3) is 0.278. The zero-order valence-corrected chi connectivity index (χ0v) is 17.0. The molecule has 0 radical (unpaired) electrons. The van der Waals surface area contributed by atoms with Gasteiger partial charge in [0.05, 0.1) is 31.2 Å². The van der Waals surface area contributed by atoms with Gasteiger partial charge in [0.25, 0.3) is 0 Å². The number of halogens is 1. The number of amides is 1. The van der Waals surface area contributed by atoms with Crippen LogP contribution in [0.25, 0.3) is 0 Å². The number of hydrogen-bond donors (Lipinski definition) is 1. The van der Waals surface area contributed by atoms with Crippen molar-refractivity contribution in [1.82, 2.24) is 0 Å². The molecule has 27 heavy (non-hydrogen) atoms. The van der Waals surface area contributed by atoms with Crippen LogP contribution in [0, 0.1) is 0 Å². The van der Waals surface area contributed by atoms with Crippen LogP contribution in [0.15, 0.2) is 42.5 Å². The fourth-order valence-electron chi connectivity index (χ4n) is 2.53. The number of rotatable bonds is 7. The Balaban J connectivity index is 2.27. The van der Waals surface area contributed by atoms with E-state index >= 15 is 0 Å². The molecule has 2 aromatic carbocycles. The van der Waals surface area contributed by atoms with Crippen molar-refractivity contribution in [3.63, 3.8) is 0 Å². The Morgan fingerprint density at radius 3 is 2.22 bits per heavy atom. The molecule has 0 saturated carbocycles. The van der Waals surface area contributed by atoms with Crippen LogP contribution in [0.3, 0.4) is 0 Å². The minimum Gasteiger partial charge on any atom is -0.497 e. The number of carbonyl (C=O) groups excluding carboxylic acids is 1. The highest BCUT2D eigenvalue weighted by Gasteiger charge is 2.29. The molecule has 2 aromatic rings. The van der Waals surface area contributed by atoms with Crippen molar-refractivity contribution in [2.45, 2.75) is 13.0 Å². The molecule has 2 rings (SSSR count). The van der Waals surface area contributed by atoms with Crippen LogP contribution in [0.1, 0.15) is 6.92 Å². The van der Waals surface area contributed by atoms with E-state index in [1.165, 1.54) is 27.2 Å². The Morgan fingerprint density at radius 2 is 1.74 bits per heavy atom. The number of ether oxygens (including phenoxy) is 2. The molecule has 146 valence electrons. The highest BCUT2D eigenvalue weighted by molar-refractivity contribution is 7.92. The lowest BCUT2D eigenvalue weighted by atomic mass is 10.2. The highest BCUT2D eigenvalue weighted by Crippen LogP contribution is 2.28. The zero-order valence-electron chi connectivity index (χ0n) is 15.4. The lowest BCUT2D eigenvalue weighted by Gasteiger charge is -2.28. The summed E-state index contributed by atoms with van der Waals surface area (Å²) >= 11 is 6.06. The first kappa shape index (κ1) is 20.9. The van der Waals surface area contributed by atoms with E-state index in [0.717, 1.165) is 10.6 Å². The van der Waals surface area contributed by atoms with Crippen LogP contribution in [0.5, 0.6) is 11.5 Å². The lowest BCUT2D eigenvalue weighted by molar-refractivity contribution is -0.116. The van der Waals surface area contributed by atoms with E-state index in [2.05, 4.69) is 5.32 Å². The first-order valence-electron chi connectivity index (χ1n) is 7.95. The van der Waals surface area contributed by atoms with Gasteiger partial charge in [-0.3, -0.25) is 9.10 Å². The van der Waals surface area contributed by atoms with Crippen LogP contribution in [-0.2, 0) is 14.8 Å². The van der Waals surface area contributed by atoms with Gasteiger partial charge >= 0.3 is 0 Å². The van der Waals surface area contributed by atoms with E-state index in [4.69, 9.17) is 21.1 Å². The number of nitrogens with zero attached hydrogens (tertiary/aromatic N) is 1. The molecule has 0 fully saturated rings. The van der Waals surface area contributed by atoms with Gasteiger partial charge in [0, 0.05) is 5.69 Å². The van der Waals surface area contributed by atoms with Crippen molar-refractivity contribution < 1.29 is 22.7 Å². The van der Waals surface area contributed by atoms with Gasteiger partial charge in [-0.25, -0.2) is 8.42 Å². The maximum absolute atomic E-state index is 12.6. The van der Waals surface area contributed by atoms with Crippen LogP contribution in [0.4, 0.5) is 11.4 Å². The normalized spacial score (nSPS) is 12.2. The third kappa shape index (κ3) is 5.05. The van der Waals surface area contributed by atoms with Crippen molar-refractivity contribution in [1.29, 1.82) is 0 Å². The number of sulfonamides is 1. The number of methoxy groups -OCH3 is 2. The maximum atomic E-state index is 12.6. The maximum Gasteiger partial charge on any atom is 0.247 e. The van der Waals surface area contributed by atoms with Gasteiger partial charge in [-0.15, -0.1) is 0 Å². The molecule has 0 heterocycles. The van der Waals surface area contributed by atoms with Crippen molar-refractivity contribution in [3.05, 3.63) is 47.5 Å². The highest BCUT2D eigenvalue weighted by atomic mass is 35.5. The third-order valence-corrected chi connectivity index (χ3v) is 5.37. The number of nitrogens with one attached hydrogen (secondary N) is 1. The lowest BCUT2D eigenvalue weighted by Crippen LogP contribution is -2.45. The molecule has 7 nitrogen and oxygen atoms in total. The molecule has 0 aromatic heterocycles. The van der Waals surface area contributed by atoms with Crippen LogP contribution < -0.4 is 19.1 Å². The van der Waals surface area contributed by atoms with Crippen LogP contribution in [-0.4, -0.2) is 40.8 Å². The average Bonchev–Trinajstić information content (AvgIpc) is 2.61. The second kappa shape index (κ2) is 8.49. The van der Waals surface area contributed by atoms with Crippen molar-refractivity contribution in [3.8, 4) is 11.5 Å². The smallest absolute Gasteiger partial charge is 0.247 e. The average molecular weight is 413 g/mol. The second-order valence-electron chi connectivity index (χ2n) is 5.77. The van der Waals surface area contributed by atoms with E-state index in [9.17, 15) is 13.2 Å². The summed E-state index contributed by atoms with van der Waals surface area (Å²) in [6, 6.07) is 10.2. The molecular weight excluding hydrogens is 392 g/mol. The van der Waals surface area contributed by atoms with Gasteiger partial charge in [0.1, 0.15) is 17.5 Å². The third-order valence-electron chi connectivity index (χ3n) is 3.83. The van der Waals surface area contributed by atoms with Gasteiger partial charge in [-0.1, -0.05) is 11.6 Å². The standard InChI is InChI=1S/C18H21ClN2O5S/c1-12(18(22)20-13-5-10-17(26-3)16(19)11-13)21(27(4,23)24)14-6-8-15(25-2)9-7-14/h5-12H,1-4H3,(H,20,22). The number of anilines is 2. The summed E-state index contributed by atoms with van der Waals surface area (Å²) in [6.07, 6.45) is 1.05. The van der Waals surface area contributed by atoms with Gasteiger partial charge < -0.3 is 14.8 Å². The minimum atomic E-state index is -3.71. The fourth-order valence-corrected chi connectivity index (χ4v) is 3.96. The monoisotopic (exact) mass is 412 g/mol. The quantitative estimate of drug-likeness (QED) is 0.755. The molecule has 0 aliphatic rings. The summed E-state index contributed by atoms with van der Waals surface area (Å²) in [5.41, 5.74) is 0.787. The first-order valence-corrected chi connectivity index (χ1v) is 10.2. The predicted octanol–water partition coefficient (Wildman–Crippen LogP) is 3.15. The molecule has 1 unspecified atom stereocenters. The summed E-state index contributed by atoms with van der Waals surface area (Å²) in [4.78, 5) is 12.6. The number of hydrogen-bond acceptors (Lipinski definition) is 5. The summed E-state index contributed by atoms with van der Waals surface area (Å²) in [5.74, 6) is 0.549. The summed E-state index contributed by atoms with van der Waals surface area (Å²) in [7, 11) is -0.708. The molecule has 0 aliphatic heterocycles. The van der Waals surface area contributed by atoms with Gasteiger partial charge in [0.2, 0.25) is 15.9 Å². The topological polar surface area (TPSA) is 84.9 Å². The summed E-state index contributed by atoms with van der Waals surface area (Å²) < 4.78 is 35.8. The second-order valence-corrected chi connectivity index (χ2v) is 8.04. The van der Waals surface area contributed by atoms with E-state index < -0.39 is 22.0 Å². The molecule has 0 aliphatic carbocycles. The Hall–Kier alpha value is -2.45. The zero-order chi connectivity index (χ0) is 20.2. The minimum absolute atomic E-state index is 0.332. The van der Waals surface area contributed by atoms with Crippen LogP contribution in [0.2, 0.25) is 5.02 Å². The molecule has 1 amide bonds. The van der Waals surface area contributed by atoms with Gasteiger partial charge in [-0.2, -0.15) is 0 Å². The summed E-state index contributed by atoms with van der Waals surface area (Å²) in [5, 5.41) is 3.00. The number of carbonyl (C=O) groups is 1. The molecular formula is C18H21ClN2O5S. The molecule has 9 heteroatoms. The Bertz CT molecular complexity index is 916. The molecule has 0 spiro atoms. The van der Waals surface area contributed by atoms with Gasteiger partial charge in [-0.05, 0) is 49.4 Å². The first-order chi connectivity index (χ1) is 12.7. The Labute approximate surface area is 163 Å². The van der Waals surface area contributed by atoms with Crippen molar-refractivity contribution >= 4 is 38.9 Å². The van der Waals surface area contributed by atoms with Crippen LogP contribution >= 0.6 is 11.6 Å². The Morgan fingerprint density at radius 1 is 1.11 bits per heavy atom. The molecule has 1 atom stereocenters. The van der Waals surface area contributed by atoms with Crippen molar-refractivity contribution in [2.75, 3.05) is 30.1 Å². The SMILES string of the molecule is COc1ccc(N(C(C)C(=O)Nc2ccc(OC)c(Cl)c2)S(C)(=O)=O)cc1. The number of benzene rings is 2.